The van der Waals surface area contributed by atoms with Gasteiger partial charge in [0.1, 0.15) is 17.5 Å². The fourth-order valence-electron chi connectivity index (χ4n) is 5.30. The van der Waals surface area contributed by atoms with Crippen molar-refractivity contribution in [2.75, 3.05) is 49.5 Å². The maximum atomic E-state index is 13.8. The van der Waals surface area contributed by atoms with Gasteiger partial charge in [0.25, 0.3) is 5.91 Å². The standard InChI is InChI=1S/C28H29F3N8O/c1-19-26(28(29,30)31)24(18-35-36-19)39-9-3-6-23(39)17-33-22-5-2-4-21(14-22)27(40)38-12-10-37(11-13-38)25-8-7-20(15-32)16-34-25/h2,4-5,7-8,14,16,18,23,33,36H,1,3,6,9-13,17H2. The minimum absolute atomic E-state index is 0.0276. The van der Waals surface area contributed by atoms with Crippen molar-refractivity contribution in [3.8, 4) is 6.07 Å². The smallest absolute Gasteiger partial charge is 0.383 e. The van der Waals surface area contributed by atoms with Gasteiger partial charge in [-0.2, -0.15) is 23.5 Å². The van der Waals surface area contributed by atoms with Crippen LogP contribution in [0.1, 0.15) is 28.8 Å². The van der Waals surface area contributed by atoms with Gasteiger partial charge in [-0.05, 0) is 43.2 Å². The van der Waals surface area contributed by atoms with Crippen molar-refractivity contribution < 1.29 is 18.0 Å². The average molecular weight is 551 g/mol. The van der Waals surface area contributed by atoms with E-state index in [1.165, 1.54) is 6.21 Å². The molecule has 208 valence electrons. The second-order valence-electron chi connectivity index (χ2n) is 9.85. The molecule has 40 heavy (non-hydrogen) atoms. The number of nitrogens with zero attached hydrogens (tertiary/aromatic N) is 6. The highest BCUT2D eigenvalue weighted by Crippen LogP contribution is 2.36. The molecule has 2 N–H and O–H groups in total. The Bertz CT molecular complexity index is 1370. The number of benzene rings is 1. The third-order valence-corrected chi connectivity index (χ3v) is 7.33. The summed E-state index contributed by atoms with van der Waals surface area (Å²) in [5, 5.41) is 16.1. The summed E-state index contributed by atoms with van der Waals surface area (Å²) in [6.45, 7) is 6.72. The quantitative estimate of drug-likeness (QED) is 0.566. The zero-order chi connectivity index (χ0) is 28.3. The number of piperazine rings is 1. The lowest BCUT2D eigenvalue weighted by Gasteiger charge is -2.35. The lowest BCUT2D eigenvalue weighted by atomic mass is 10.1. The summed E-state index contributed by atoms with van der Waals surface area (Å²) in [7, 11) is 0. The molecule has 12 heteroatoms. The molecule has 0 bridgehead atoms. The SMILES string of the molecule is C=C1NN=CC(N2CCCC2CNc2cccc(C(=O)N3CCN(c4ccc(C#N)cn4)CC3)c2)=C1C(F)(F)F. The van der Waals surface area contributed by atoms with Crippen LogP contribution in [0, 0.1) is 11.3 Å². The Kier molecular flexibility index (Phi) is 7.64. The van der Waals surface area contributed by atoms with E-state index in [0.717, 1.165) is 24.3 Å². The van der Waals surface area contributed by atoms with Gasteiger partial charge in [0.15, 0.2) is 0 Å². The van der Waals surface area contributed by atoms with Crippen molar-refractivity contribution in [1.29, 1.82) is 5.26 Å². The lowest BCUT2D eigenvalue weighted by Crippen LogP contribution is -2.49. The number of hydrogen-bond acceptors (Lipinski definition) is 8. The minimum Gasteiger partial charge on any atom is -0.383 e. The average Bonchev–Trinajstić information content (AvgIpc) is 3.44. The molecule has 0 radical (unpaired) electrons. The summed E-state index contributed by atoms with van der Waals surface area (Å²) in [5.41, 5.74) is 3.07. The van der Waals surface area contributed by atoms with E-state index in [9.17, 15) is 18.0 Å². The number of hydrazone groups is 1. The topological polar surface area (TPSA) is 99.9 Å². The van der Waals surface area contributed by atoms with Crippen molar-refractivity contribution in [3.05, 3.63) is 77.3 Å². The second-order valence-corrected chi connectivity index (χ2v) is 9.85. The van der Waals surface area contributed by atoms with Gasteiger partial charge in [0, 0.05) is 62.8 Å². The molecular formula is C28H29F3N8O. The number of carbonyl (C=O) groups is 1. The van der Waals surface area contributed by atoms with Gasteiger partial charge in [-0.3, -0.25) is 10.2 Å². The highest BCUT2D eigenvalue weighted by atomic mass is 19.4. The first-order chi connectivity index (χ1) is 19.2. The van der Waals surface area contributed by atoms with E-state index in [1.807, 2.05) is 12.1 Å². The maximum absolute atomic E-state index is 13.8. The highest BCUT2D eigenvalue weighted by molar-refractivity contribution is 5.95. The molecule has 3 aliphatic heterocycles. The van der Waals surface area contributed by atoms with Crippen molar-refractivity contribution in [1.82, 2.24) is 20.2 Å². The first-order valence-electron chi connectivity index (χ1n) is 13.1. The third kappa shape index (κ3) is 5.73. The van der Waals surface area contributed by atoms with Crippen LogP contribution in [0.2, 0.25) is 0 Å². The van der Waals surface area contributed by atoms with Crippen LogP contribution in [0.3, 0.4) is 0 Å². The van der Waals surface area contributed by atoms with Gasteiger partial charge in [-0.25, -0.2) is 4.98 Å². The fraction of sp³-hybridized carbons (Fsp3) is 0.357. The van der Waals surface area contributed by atoms with Crippen LogP contribution in [0.25, 0.3) is 0 Å². The zero-order valence-corrected chi connectivity index (χ0v) is 21.8. The maximum Gasteiger partial charge on any atom is 0.420 e. The lowest BCUT2D eigenvalue weighted by molar-refractivity contribution is -0.0916. The molecule has 0 spiro atoms. The Morgan fingerprint density at radius 1 is 1.18 bits per heavy atom. The van der Waals surface area contributed by atoms with E-state index < -0.39 is 11.7 Å². The molecule has 0 saturated carbocycles. The van der Waals surface area contributed by atoms with Gasteiger partial charge in [0.2, 0.25) is 0 Å². The van der Waals surface area contributed by atoms with Gasteiger partial charge in [-0.15, -0.1) is 0 Å². The van der Waals surface area contributed by atoms with Gasteiger partial charge < -0.3 is 20.0 Å². The Morgan fingerprint density at radius 3 is 2.67 bits per heavy atom. The molecule has 1 aromatic carbocycles. The molecular weight excluding hydrogens is 521 g/mol. The number of alkyl halides is 3. The van der Waals surface area contributed by atoms with Crippen LogP contribution in [-0.4, -0.2) is 78.4 Å². The van der Waals surface area contributed by atoms with Crippen LogP contribution >= 0.6 is 0 Å². The molecule has 2 aromatic rings. The van der Waals surface area contributed by atoms with Crippen molar-refractivity contribution in [2.45, 2.75) is 25.1 Å². The monoisotopic (exact) mass is 550 g/mol. The van der Waals surface area contributed by atoms with Crippen molar-refractivity contribution >= 4 is 23.6 Å². The first kappa shape index (κ1) is 27.1. The van der Waals surface area contributed by atoms with Gasteiger partial charge in [0.05, 0.1) is 23.2 Å². The molecule has 4 heterocycles. The minimum atomic E-state index is -4.55. The number of anilines is 2. The molecule has 0 aliphatic carbocycles. The number of hydrogen-bond donors (Lipinski definition) is 2. The summed E-state index contributed by atoms with van der Waals surface area (Å²) in [4.78, 5) is 23.2. The number of amides is 1. The van der Waals surface area contributed by atoms with Gasteiger partial charge in [-0.1, -0.05) is 12.6 Å². The summed E-state index contributed by atoms with van der Waals surface area (Å²) in [5.74, 6) is 0.694. The molecule has 2 fully saturated rings. The Balaban J connectivity index is 1.21. The summed E-state index contributed by atoms with van der Waals surface area (Å²) in [6, 6.07) is 12.6. The van der Waals surface area contributed by atoms with Crippen LogP contribution in [0.15, 0.2) is 71.2 Å². The van der Waals surface area contributed by atoms with Crippen molar-refractivity contribution in [2.24, 2.45) is 5.10 Å². The van der Waals surface area contributed by atoms with E-state index in [0.29, 0.717) is 50.4 Å². The predicted octanol–water partition coefficient (Wildman–Crippen LogP) is 3.71. The normalized spacial score (nSPS) is 19.5. The van der Waals surface area contributed by atoms with Gasteiger partial charge >= 0.3 is 6.18 Å². The molecule has 3 aliphatic rings. The number of aromatic nitrogens is 1. The number of nitriles is 1. The number of halogens is 3. The number of allylic oxidation sites excluding steroid dienone is 2. The molecule has 9 nitrogen and oxygen atoms in total. The molecule has 1 amide bonds. The van der Waals surface area contributed by atoms with E-state index in [-0.39, 0.29) is 23.3 Å². The number of carbonyl (C=O) groups excluding carboxylic acids is 1. The van der Waals surface area contributed by atoms with Crippen LogP contribution in [-0.2, 0) is 0 Å². The third-order valence-electron chi connectivity index (χ3n) is 7.33. The molecule has 5 rings (SSSR count). The summed E-state index contributed by atoms with van der Waals surface area (Å²) in [6.07, 6.45) is -0.306. The Labute approximate surface area is 230 Å². The van der Waals surface area contributed by atoms with Crippen LogP contribution in [0.5, 0.6) is 0 Å². The Morgan fingerprint density at radius 2 is 1.98 bits per heavy atom. The van der Waals surface area contributed by atoms with Crippen LogP contribution < -0.4 is 15.6 Å². The number of nitrogens with one attached hydrogen (secondary N) is 2. The molecule has 1 aromatic heterocycles. The molecule has 1 unspecified atom stereocenters. The van der Waals surface area contributed by atoms with Crippen molar-refractivity contribution in [3.63, 3.8) is 0 Å². The predicted molar refractivity (Wildman–Crippen MR) is 146 cm³/mol. The fourth-order valence-corrected chi connectivity index (χ4v) is 5.30. The number of pyridine rings is 1. The number of likely N-dealkylation sites (tertiary alicyclic amines) is 1. The zero-order valence-electron chi connectivity index (χ0n) is 21.8. The largest absolute Gasteiger partial charge is 0.420 e. The molecule has 1 atom stereocenters. The number of rotatable bonds is 6. The Hall–Kier alpha value is -4.53. The van der Waals surface area contributed by atoms with E-state index >= 15 is 0 Å². The highest BCUT2D eigenvalue weighted by Gasteiger charge is 2.42. The second kappa shape index (κ2) is 11.3. The van der Waals surface area contributed by atoms with Crippen LogP contribution in [0.4, 0.5) is 24.7 Å². The molecule has 2 saturated heterocycles. The summed E-state index contributed by atoms with van der Waals surface area (Å²) < 4.78 is 41.3. The van der Waals surface area contributed by atoms with E-state index in [4.69, 9.17) is 5.26 Å². The first-order valence-corrected chi connectivity index (χ1v) is 13.1. The summed E-state index contributed by atoms with van der Waals surface area (Å²) >= 11 is 0. The van der Waals surface area contributed by atoms with E-state index in [1.54, 1.807) is 40.3 Å². The van der Waals surface area contributed by atoms with E-state index in [2.05, 4.69) is 38.4 Å².